The summed E-state index contributed by atoms with van der Waals surface area (Å²) in [4.78, 5) is 11.6. The lowest BCUT2D eigenvalue weighted by Gasteiger charge is -2.46. The lowest BCUT2D eigenvalue weighted by molar-refractivity contribution is 0.0293. The van der Waals surface area contributed by atoms with Crippen molar-refractivity contribution >= 4 is 6.09 Å². The minimum Gasteiger partial charge on any atom is -0.444 e. The van der Waals surface area contributed by atoms with E-state index < -0.39 is 5.60 Å². The molecule has 2 N–H and O–H groups in total. The minimum absolute atomic E-state index is 0.275. The van der Waals surface area contributed by atoms with E-state index in [0.29, 0.717) is 11.5 Å². The standard InChI is InChI=1S/C12H22N2O2/c1-11(2,3)16-10(15)14-9-4-5-12(9)6-7-13-8-12/h9,13H,4-8H2,1-3H3,(H,14,15)/t9-,12+/m0/s1. The quantitative estimate of drug-likeness (QED) is 0.715. The molecule has 1 aliphatic heterocycles. The highest BCUT2D eigenvalue weighted by molar-refractivity contribution is 5.68. The Balaban J connectivity index is 1.84. The van der Waals surface area contributed by atoms with Crippen molar-refractivity contribution in [3.8, 4) is 0 Å². The normalized spacial score (nSPS) is 33.6. The summed E-state index contributed by atoms with van der Waals surface area (Å²) >= 11 is 0. The highest BCUT2D eigenvalue weighted by Gasteiger charge is 2.49. The molecule has 0 aromatic carbocycles. The minimum atomic E-state index is -0.408. The summed E-state index contributed by atoms with van der Waals surface area (Å²) in [6, 6.07) is 0.303. The van der Waals surface area contributed by atoms with Crippen LogP contribution in [-0.2, 0) is 4.74 Å². The van der Waals surface area contributed by atoms with Crippen molar-refractivity contribution in [3.63, 3.8) is 0 Å². The van der Waals surface area contributed by atoms with Gasteiger partial charge in [0.2, 0.25) is 0 Å². The molecule has 0 radical (unpaired) electrons. The first-order valence-electron chi connectivity index (χ1n) is 6.12. The number of hydrogen-bond donors (Lipinski definition) is 2. The van der Waals surface area contributed by atoms with E-state index in [2.05, 4.69) is 10.6 Å². The van der Waals surface area contributed by atoms with Crippen LogP contribution in [-0.4, -0.2) is 30.8 Å². The molecule has 1 saturated heterocycles. The molecular weight excluding hydrogens is 204 g/mol. The number of rotatable bonds is 1. The van der Waals surface area contributed by atoms with Crippen molar-refractivity contribution in [3.05, 3.63) is 0 Å². The molecule has 1 saturated carbocycles. The summed E-state index contributed by atoms with van der Waals surface area (Å²) in [5.74, 6) is 0. The molecule has 0 bridgehead atoms. The first-order valence-corrected chi connectivity index (χ1v) is 6.12. The molecular formula is C12H22N2O2. The number of carbonyl (C=O) groups excluding carboxylic acids is 1. The van der Waals surface area contributed by atoms with Gasteiger partial charge >= 0.3 is 6.09 Å². The predicted molar refractivity (Wildman–Crippen MR) is 62.3 cm³/mol. The highest BCUT2D eigenvalue weighted by Crippen LogP contribution is 2.45. The van der Waals surface area contributed by atoms with E-state index in [1.165, 1.54) is 12.8 Å². The van der Waals surface area contributed by atoms with Crippen LogP contribution >= 0.6 is 0 Å². The Labute approximate surface area is 97.1 Å². The van der Waals surface area contributed by atoms with Crippen LogP contribution in [0, 0.1) is 5.41 Å². The Morgan fingerprint density at radius 3 is 2.62 bits per heavy atom. The molecule has 4 heteroatoms. The van der Waals surface area contributed by atoms with Gasteiger partial charge in [0, 0.05) is 18.0 Å². The first-order chi connectivity index (χ1) is 7.41. The lowest BCUT2D eigenvalue weighted by Crippen LogP contribution is -2.56. The maximum absolute atomic E-state index is 11.6. The van der Waals surface area contributed by atoms with Gasteiger partial charge in [-0.15, -0.1) is 0 Å². The van der Waals surface area contributed by atoms with Crippen LogP contribution in [0.1, 0.15) is 40.0 Å². The highest BCUT2D eigenvalue weighted by atomic mass is 16.6. The second-order valence-electron chi connectivity index (χ2n) is 6.03. The van der Waals surface area contributed by atoms with Crippen LogP contribution in [0.4, 0.5) is 4.79 Å². The average molecular weight is 226 g/mol. The summed E-state index contributed by atoms with van der Waals surface area (Å²) in [7, 11) is 0. The SMILES string of the molecule is CC(C)(C)OC(=O)N[C@H]1CC[C@]12CCNC2. The van der Waals surface area contributed by atoms with Crippen molar-refractivity contribution < 1.29 is 9.53 Å². The topological polar surface area (TPSA) is 50.4 Å². The average Bonchev–Trinajstić information content (AvgIpc) is 2.60. The van der Waals surface area contributed by atoms with Crippen LogP contribution < -0.4 is 10.6 Å². The summed E-state index contributed by atoms with van der Waals surface area (Å²) in [5, 5.41) is 6.38. The van der Waals surface area contributed by atoms with Crippen LogP contribution in [0.25, 0.3) is 0 Å². The number of alkyl carbamates (subject to hydrolysis) is 1. The van der Waals surface area contributed by atoms with Gasteiger partial charge in [-0.1, -0.05) is 0 Å². The van der Waals surface area contributed by atoms with Crippen molar-refractivity contribution in [2.45, 2.75) is 51.7 Å². The fourth-order valence-corrected chi connectivity index (χ4v) is 2.65. The molecule has 4 nitrogen and oxygen atoms in total. The van der Waals surface area contributed by atoms with E-state index >= 15 is 0 Å². The molecule has 1 amide bonds. The molecule has 2 rings (SSSR count). The van der Waals surface area contributed by atoms with E-state index in [-0.39, 0.29) is 6.09 Å². The molecule has 92 valence electrons. The van der Waals surface area contributed by atoms with Gasteiger partial charge in [-0.05, 0) is 46.6 Å². The zero-order valence-corrected chi connectivity index (χ0v) is 10.4. The van der Waals surface area contributed by atoms with Gasteiger partial charge in [-0.3, -0.25) is 0 Å². The maximum atomic E-state index is 11.6. The van der Waals surface area contributed by atoms with E-state index in [9.17, 15) is 4.79 Å². The Bertz CT molecular complexity index is 277. The second kappa shape index (κ2) is 3.91. The van der Waals surface area contributed by atoms with E-state index in [0.717, 1.165) is 19.5 Å². The predicted octanol–water partition coefficient (Wildman–Crippen LogP) is 1.65. The number of carbonyl (C=O) groups is 1. The second-order valence-corrected chi connectivity index (χ2v) is 6.03. The Kier molecular flexibility index (Phi) is 2.86. The van der Waals surface area contributed by atoms with Crippen LogP contribution in [0.3, 0.4) is 0 Å². The van der Waals surface area contributed by atoms with Gasteiger partial charge in [-0.25, -0.2) is 4.79 Å². The van der Waals surface area contributed by atoms with Crippen molar-refractivity contribution in [1.29, 1.82) is 0 Å². The van der Waals surface area contributed by atoms with Gasteiger partial charge in [0.25, 0.3) is 0 Å². The maximum Gasteiger partial charge on any atom is 0.407 e. The summed E-state index contributed by atoms with van der Waals surface area (Å²) in [5.41, 5.74) is -0.0914. The molecule has 1 heterocycles. The zero-order chi connectivity index (χ0) is 11.8. The van der Waals surface area contributed by atoms with Gasteiger partial charge in [-0.2, -0.15) is 0 Å². The van der Waals surface area contributed by atoms with E-state index in [4.69, 9.17) is 4.74 Å². The Morgan fingerprint density at radius 1 is 1.44 bits per heavy atom. The monoisotopic (exact) mass is 226 g/mol. The molecule has 0 aromatic heterocycles. The molecule has 1 spiro atoms. The van der Waals surface area contributed by atoms with Crippen molar-refractivity contribution in [1.82, 2.24) is 10.6 Å². The fraction of sp³-hybridized carbons (Fsp3) is 0.917. The summed E-state index contributed by atoms with van der Waals surface area (Å²) < 4.78 is 5.28. The van der Waals surface area contributed by atoms with Crippen LogP contribution in [0.5, 0.6) is 0 Å². The largest absolute Gasteiger partial charge is 0.444 e. The molecule has 16 heavy (non-hydrogen) atoms. The number of amides is 1. The molecule has 0 aromatic rings. The molecule has 2 aliphatic rings. The third-order valence-electron chi connectivity index (χ3n) is 3.64. The number of hydrogen-bond acceptors (Lipinski definition) is 3. The van der Waals surface area contributed by atoms with E-state index in [1.807, 2.05) is 20.8 Å². The Morgan fingerprint density at radius 2 is 2.19 bits per heavy atom. The van der Waals surface area contributed by atoms with Gasteiger partial charge in [0.05, 0.1) is 0 Å². The van der Waals surface area contributed by atoms with Gasteiger partial charge in [0.15, 0.2) is 0 Å². The van der Waals surface area contributed by atoms with Crippen molar-refractivity contribution in [2.75, 3.05) is 13.1 Å². The van der Waals surface area contributed by atoms with Crippen LogP contribution in [0.15, 0.2) is 0 Å². The van der Waals surface area contributed by atoms with Gasteiger partial charge in [0.1, 0.15) is 5.60 Å². The third kappa shape index (κ3) is 2.32. The zero-order valence-electron chi connectivity index (χ0n) is 10.4. The number of ether oxygens (including phenoxy) is 1. The van der Waals surface area contributed by atoms with Gasteiger partial charge < -0.3 is 15.4 Å². The fourth-order valence-electron chi connectivity index (χ4n) is 2.65. The number of nitrogens with one attached hydrogen (secondary N) is 2. The first kappa shape index (κ1) is 11.7. The summed E-state index contributed by atoms with van der Waals surface area (Å²) in [6.07, 6.45) is 3.21. The molecule has 0 unspecified atom stereocenters. The van der Waals surface area contributed by atoms with E-state index in [1.54, 1.807) is 0 Å². The Hall–Kier alpha value is -0.770. The molecule has 2 fully saturated rings. The van der Waals surface area contributed by atoms with Crippen LogP contribution in [0.2, 0.25) is 0 Å². The summed E-state index contributed by atoms with van der Waals surface area (Å²) in [6.45, 7) is 7.78. The molecule has 1 aliphatic carbocycles. The molecule has 2 atom stereocenters. The smallest absolute Gasteiger partial charge is 0.407 e. The van der Waals surface area contributed by atoms with Crippen molar-refractivity contribution in [2.24, 2.45) is 5.41 Å². The third-order valence-corrected chi connectivity index (χ3v) is 3.64. The lowest BCUT2D eigenvalue weighted by atomic mass is 9.64.